The van der Waals surface area contributed by atoms with E-state index in [1.165, 1.54) is 11.8 Å². The molecule has 1 aromatic rings. The lowest BCUT2D eigenvalue weighted by atomic mass is 10.2. The van der Waals surface area contributed by atoms with Crippen LogP contribution in [0.5, 0.6) is 0 Å². The minimum absolute atomic E-state index is 0.365. The standard InChI is InChI=1S/C11H15NO3S/c12-10(11(13)14)7-16-8-15-6-9-4-2-1-3-5-9/h1-5,10H,6-8,12H2,(H,13,14)/t10-/m1/s1. The van der Waals surface area contributed by atoms with Crippen LogP contribution in [0, 0.1) is 0 Å². The van der Waals surface area contributed by atoms with Gasteiger partial charge in [0.15, 0.2) is 0 Å². The van der Waals surface area contributed by atoms with Gasteiger partial charge in [-0.3, -0.25) is 4.79 Å². The van der Waals surface area contributed by atoms with E-state index < -0.39 is 12.0 Å². The molecule has 1 atom stereocenters. The highest BCUT2D eigenvalue weighted by Crippen LogP contribution is 2.06. The van der Waals surface area contributed by atoms with Gasteiger partial charge >= 0.3 is 5.97 Å². The maximum atomic E-state index is 10.4. The first-order valence-corrected chi connectivity index (χ1v) is 6.03. The summed E-state index contributed by atoms with van der Waals surface area (Å²) >= 11 is 1.38. The topological polar surface area (TPSA) is 72.5 Å². The van der Waals surface area contributed by atoms with Crippen molar-refractivity contribution in [2.24, 2.45) is 5.73 Å². The summed E-state index contributed by atoms with van der Waals surface area (Å²) in [6.45, 7) is 0.538. The van der Waals surface area contributed by atoms with Crippen LogP contribution in [0.4, 0.5) is 0 Å². The zero-order valence-corrected chi connectivity index (χ0v) is 9.65. The summed E-state index contributed by atoms with van der Waals surface area (Å²) in [5, 5.41) is 8.54. The second kappa shape index (κ2) is 7.27. The van der Waals surface area contributed by atoms with Crippen LogP contribution in [-0.4, -0.2) is 28.8 Å². The number of carboxylic acid groups (broad SMARTS) is 1. The molecule has 1 aromatic carbocycles. The largest absolute Gasteiger partial charge is 0.480 e. The molecule has 0 heterocycles. The van der Waals surface area contributed by atoms with Gasteiger partial charge in [-0.1, -0.05) is 30.3 Å². The van der Waals surface area contributed by atoms with Gasteiger partial charge < -0.3 is 15.6 Å². The normalized spacial score (nSPS) is 12.3. The van der Waals surface area contributed by atoms with E-state index in [4.69, 9.17) is 15.6 Å². The highest BCUT2D eigenvalue weighted by molar-refractivity contribution is 7.99. The van der Waals surface area contributed by atoms with E-state index in [1.54, 1.807) is 0 Å². The minimum Gasteiger partial charge on any atom is -0.480 e. The second-order valence-electron chi connectivity index (χ2n) is 3.27. The fraction of sp³-hybridized carbons (Fsp3) is 0.364. The number of thioether (sulfide) groups is 1. The monoisotopic (exact) mass is 241 g/mol. The maximum absolute atomic E-state index is 10.4. The summed E-state index contributed by atoms with van der Waals surface area (Å²) in [4.78, 5) is 10.4. The number of carboxylic acids is 1. The molecule has 4 nitrogen and oxygen atoms in total. The quantitative estimate of drug-likeness (QED) is 0.556. The van der Waals surface area contributed by atoms with E-state index in [0.717, 1.165) is 5.56 Å². The van der Waals surface area contributed by atoms with E-state index in [0.29, 0.717) is 18.3 Å². The van der Waals surface area contributed by atoms with Gasteiger partial charge in [-0.25, -0.2) is 0 Å². The molecule has 88 valence electrons. The van der Waals surface area contributed by atoms with Crippen molar-refractivity contribution in [3.63, 3.8) is 0 Å². The number of rotatable bonds is 7. The Morgan fingerprint density at radius 2 is 2.12 bits per heavy atom. The van der Waals surface area contributed by atoms with Crippen molar-refractivity contribution < 1.29 is 14.6 Å². The fourth-order valence-corrected chi connectivity index (χ4v) is 1.73. The Morgan fingerprint density at radius 3 is 2.75 bits per heavy atom. The van der Waals surface area contributed by atoms with Crippen molar-refractivity contribution in [3.8, 4) is 0 Å². The number of nitrogens with two attached hydrogens (primary N) is 1. The molecule has 3 N–H and O–H groups in total. The van der Waals surface area contributed by atoms with Crippen LogP contribution in [0.3, 0.4) is 0 Å². The lowest BCUT2D eigenvalue weighted by Crippen LogP contribution is -2.32. The van der Waals surface area contributed by atoms with Gasteiger partial charge in [0.25, 0.3) is 0 Å². The van der Waals surface area contributed by atoms with Gasteiger partial charge in [0.05, 0.1) is 12.5 Å². The van der Waals surface area contributed by atoms with Crippen LogP contribution < -0.4 is 5.73 Å². The molecule has 0 aliphatic heterocycles. The molecule has 0 aliphatic rings. The van der Waals surface area contributed by atoms with Gasteiger partial charge in [-0.05, 0) is 5.56 Å². The molecule has 0 saturated heterocycles. The summed E-state index contributed by atoms with van der Waals surface area (Å²) in [6, 6.07) is 8.99. The van der Waals surface area contributed by atoms with Crippen molar-refractivity contribution in [1.29, 1.82) is 0 Å². The van der Waals surface area contributed by atoms with Crippen LogP contribution in [0.25, 0.3) is 0 Å². The van der Waals surface area contributed by atoms with Crippen molar-refractivity contribution in [2.75, 3.05) is 11.7 Å². The second-order valence-corrected chi connectivity index (χ2v) is 4.24. The van der Waals surface area contributed by atoms with E-state index in [9.17, 15) is 4.79 Å². The van der Waals surface area contributed by atoms with Crippen LogP contribution in [-0.2, 0) is 16.1 Å². The first-order valence-electron chi connectivity index (χ1n) is 4.88. The number of hydrogen-bond acceptors (Lipinski definition) is 4. The van der Waals surface area contributed by atoms with E-state index in [-0.39, 0.29) is 0 Å². The summed E-state index contributed by atoms with van der Waals surface area (Å²) in [7, 11) is 0. The Balaban J connectivity index is 2.07. The van der Waals surface area contributed by atoms with Crippen LogP contribution in [0.2, 0.25) is 0 Å². The fourth-order valence-electron chi connectivity index (χ4n) is 1.04. The van der Waals surface area contributed by atoms with E-state index in [1.807, 2.05) is 30.3 Å². The molecule has 0 saturated carbocycles. The zero-order chi connectivity index (χ0) is 11.8. The Kier molecular flexibility index (Phi) is 5.92. The molecule has 0 fully saturated rings. The molecule has 1 rings (SSSR count). The third-order valence-electron chi connectivity index (χ3n) is 1.89. The molecule has 0 amide bonds. The third kappa shape index (κ3) is 5.16. The third-order valence-corrected chi connectivity index (χ3v) is 2.82. The number of hydrogen-bond donors (Lipinski definition) is 2. The van der Waals surface area contributed by atoms with Crippen LogP contribution in [0.15, 0.2) is 30.3 Å². The Labute approximate surface area is 98.8 Å². The van der Waals surface area contributed by atoms with E-state index in [2.05, 4.69) is 0 Å². The molecular formula is C11H15NO3S. The Hall–Kier alpha value is -1.04. The van der Waals surface area contributed by atoms with Crippen molar-refractivity contribution >= 4 is 17.7 Å². The minimum atomic E-state index is -0.976. The van der Waals surface area contributed by atoms with Gasteiger partial charge in [0.2, 0.25) is 0 Å². The lowest BCUT2D eigenvalue weighted by Gasteiger charge is -2.06. The van der Waals surface area contributed by atoms with Gasteiger partial charge in [-0.2, -0.15) is 0 Å². The Bertz CT molecular complexity index is 318. The number of carbonyl (C=O) groups is 1. The van der Waals surface area contributed by atoms with Crippen LogP contribution in [0.1, 0.15) is 5.56 Å². The molecule has 0 aliphatic carbocycles. The SMILES string of the molecule is N[C@H](CSCOCc1ccccc1)C(=O)O. The predicted octanol–water partition coefficient (Wildman–Crippen LogP) is 1.31. The van der Waals surface area contributed by atoms with Gasteiger partial charge in [-0.15, -0.1) is 11.8 Å². The molecule has 0 spiro atoms. The molecule has 16 heavy (non-hydrogen) atoms. The molecule has 0 radical (unpaired) electrons. The highest BCUT2D eigenvalue weighted by Gasteiger charge is 2.10. The summed E-state index contributed by atoms with van der Waals surface area (Å²) in [6.07, 6.45) is 0. The molecule has 0 unspecified atom stereocenters. The molecular weight excluding hydrogens is 226 g/mol. The highest BCUT2D eigenvalue weighted by atomic mass is 32.2. The first-order chi connectivity index (χ1) is 7.70. The van der Waals surface area contributed by atoms with Crippen molar-refractivity contribution in [1.82, 2.24) is 0 Å². The van der Waals surface area contributed by atoms with Crippen molar-refractivity contribution in [3.05, 3.63) is 35.9 Å². The zero-order valence-electron chi connectivity index (χ0n) is 8.83. The smallest absolute Gasteiger partial charge is 0.321 e. The summed E-state index contributed by atoms with van der Waals surface area (Å²) in [5.74, 6) is -0.157. The average Bonchev–Trinajstić information content (AvgIpc) is 2.29. The van der Waals surface area contributed by atoms with Gasteiger partial charge in [0.1, 0.15) is 6.04 Å². The molecule has 5 heteroatoms. The average molecular weight is 241 g/mol. The summed E-state index contributed by atoms with van der Waals surface area (Å²) in [5.41, 5.74) is 6.44. The predicted molar refractivity (Wildman–Crippen MR) is 64.2 cm³/mol. The van der Waals surface area contributed by atoms with E-state index >= 15 is 0 Å². The maximum Gasteiger partial charge on any atom is 0.321 e. The molecule has 0 bridgehead atoms. The Morgan fingerprint density at radius 1 is 1.44 bits per heavy atom. The van der Waals surface area contributed by atoms with Crippen LogP contribution >= 0.6 is 11.8 Å². The lowest BCUT2D eigenvalue weighted by molar-refractivity contribution is -0.137. The number of ether oxygens (including phenoxy) is 1. The number of benzene rings is 1. The number of aliphatic carboxylic acids is 1. The van der Waals surface area contributed by atoms with Gasteiger partial charge in [0, 0.05) is 5.75 Å². The first kappa shape index (κ1) is 13.0. The molecule has 0 aromatic heterocycles. The summed E-state index contributed by atoms with van der Waals surface area (Å²) < 4.78 is 5.36. The van der Waals surface area contributed by atoms with Crippen molar-refractivity contribution in [2.45, 2.75) is 12.6 Å².